The van der Waals surface area contributed by atoms with E-state index in [-0.39, 0.29) is 24.2 Å². The van der Waals surface area contributed by atoms with Gasteiger partial charge in [-0.25, -0.2) is 17.5 Å². The normalized spacial score (nSPS) is 18.1. The molecule has 1 amide bonds. The van der Waals surface area contributed by atoms with Gasteiger partial charge >= 0.3 is 0 Å². The lowest BCUT2D eigenvalue weighted by Crippen LogP contribution is -2.44. The number of nitrogens with one attached hydrogen (secondary N) is 2. The molecule has 1 aliphatic heterocycles. The molecule has 26 heavy (non-hydrogen) atoms. The molecule has 2 aromatic rings. The largest absolute Gasteiger partial charge is 0.341 e. The zero-order valence-electron chi connectivity index (χ0n) is 14.4. The third-order valence-corrected chi connectivity index (χ3v) is 5.16. The van der Waals surface area contributed by atoms with Gasteiger partial charge in [-0.15, -0.1) is 0 Å². The number of H-pyrrole nitrogens is 1. The van der Waals surface area contributed by atoms with Gasteiger partial charge in [0, 0.05) is 30.3 Å². The van der Waals surface area contributed by atoms with Crippen molar-refractivity contribution in [2.45, 2.75) is 18.8 Å². The molecule has 1 aromatic heterocycles. The Hall–Kier alpha value is -2.26. The summed E-state index contributed by atoms with van der Waals surface area (Å²) < 4.78 is 37.7. The number of halogens is 1. The number of amides is 1. The minimum absolute atomic E-state index is 0.0634. The summed E-state index contributed by atoms with van der Waals surface area (Å²) >= 11 is 0. The molecule has 0 radical (unpaired) electrons. The Morgan fingerprint density at radius 3 is 2.81 bits per heavy atom. The lowest BCUT2D eigenvalue weighted by molar-refractivity contribution is -0.131. The van der Waals surface area contributed by atoms with Crippen LogP contribution >= 0.6 is 0 Å². The Morgan fingerprint density at radius 2 is 2.12 bits per heavy atom. The number of sulfonamides is 1. The summed E-state index contributed by atoms with van der Waals surface area (Å²) in [5, 5.41) is 7.13. The fourth-order valence-corrected chi connectivity index (χ4v) is 3.60. The van der Waals surface area contributed by atoms with Crippen molar-refractivity contribution in [2.75, 3.05) is 25.9 Å². The van der Waals surface area contributed by atoms with Gasteiger partial charge in [-0.1, -0.05) is 12.1 Å². The van der Waals surface area contributed by atoms with Crippen molar-refractivity contribution in [2.24, 2.45) is 0 Å². The van der Waals surface area contributed by atoms with E-state index in [9.17, 15) is 17.6 Å². The smallest absolute Gasteiger partial charge is 0.237 e. The van der Waals surface area contributed by atoms with Crippen LogP contribution in [0.3, 0.4) is 0 Å². The van der Waals surface area contributed by atoms with Gasteiger partial charge in [0.2, 0.25) is 15.9 Å². The van der Waals surface area contributed by atoms with Gasteiger partial charge in [-0.05, 0) is 30.5 Å². The Morgan fingerprint density at radius 1 is 1.38 bits per heavy atom. The van der Waals surface area contributed by atoms with E-state index in [0.717, 1.165) is 35.9 Å². The van der Waals surface area contributed by atoms with Crippen molar-refractivity contribution in [3.63, 3.8) is 0 Å². The molecule has 1 saturated heterocycles. The zero-order valence-corrected chi connectivity index (χ0v) is 15.2. The molecule has 0 spiro atoms. The highest BCUT2D eigenvalue weighted by atomic mass is 32.2. The number of carbonyl (C=O) groups excluding carboxylic acids is 1. The van der Waals surface area contributed by atoms with Crippen LogP contribution in [0.5, 0.6) is 0 Å². The van der Waals surface area contributed by atoms with Crippen molar-refractivity contribution in [3.05, 3.63) is 42.0 Å². The van der Waals surface area contributed by atoms with E-state index < -0.39 is 10.0 Å². The summed E-state index contributed by atoms with van der Waals surface area (Å²) in [6.45, 7) is 0.848. The molecule has 0 unspecified atom stereocenters. The number of aromatic nitrogens is 2. The predicted molar refractivity (Wildman–Crippen MR) is 95.4 cm³/mol. The van der Waals surface area contributed by atoms with E-state index in [0.29, 0.717) is 13.1 Å². The van der Waals surface area contributed by atoms with Crippen LogP contribution in [0.4, 0.5) is 4.39 Å². The van der Waals surface area contributed by atoms with E-state index in [1.54, 1.807) is 23.2 Å². The summed E-state index contributed by atoms with van der Waals surface area (Å²) in [4.78, 5) is 14.0. The molecule has 0 aliphatic carbocycles. The SMILES string of the molecule is CS(=O)(=O)NCC(=O)N1CCC[C@@H](c2[nH]ncc2-c2ccc(F)cc2)C1. The molecule has 0 saturated carbocycles. The maximum absolute atomic E-state index is 13.2. The number of benzene rings is 1. The van der Waals surface area contributed by atoms with Crippen molar-refractivity contribution in [1.29, 1.82) is 0 Å². The van der Waals surface area contributed by atoms with Crippen LogP contribution in [-0.2, 0) is 14.8 Å². The van der Waals surface area contributed by atoms with Crippen molar-refractivity contribution < 1.29 is 17.6 Å². The number of nitrogens with zero attached hydrogens (tertiary/aromatic N) is 2. The van der Waals surface area contributed by atoms with Gasteiger partial charge in [0.05, 0.1) is 19.0 Å². The second-order valence-electron chi connectivity index (χ2n) is 6.48. The molecule has 0 bridgehead atoms. The Bertz CT molecular complexity index is 880. The fourth-order valence-electron chi connectivity index (χ4n) is 3.21. The van der Waals surface area contributed by atoms with E-state index in [4.69, 9.17) is 0 Å². The fraction of sp³-hybridized carbons (Fsp3) is 0.412. The summed E-state index contributed by atoms with van der Waals surface area (Å²) in [5.41, 5.74) is 2.65. The molecule has 1 atom stereocenters. The second kappa shape index (κ2) is 7.55. The molecule has 1 fully saturated rings. The minimum Gasteiger partial charge on any atom is -0.341 e. The maximum atomic E-state index is 13.2. The quantitative estimate of drug-likeness (QED) is 0.821. The second-order valence-corrected chi connectivity index (χ2v) is 8.31. The van der Waals surface area contributed by atoms with Crippen LogP contribution in [0.2, 0.25) is 0 Å². The van der Waals surface area contributed by atoms with Crippen LogP contribution < -0.4 is 4.72 Å². The van der Waals surface area contributed by atoms with Crippen LogP contribution in [0.25, 0.3) is 11.1 Å². The van der Waals surface area contributed by atoms with Gasteiger partial charge in [-0.2, -0.15) is 5.10 Å². The Kier molecular flexibility index (Phi) is 5.38. The number of likely N-dealkylation sites (tertiary alicyclic amines) is 1. The standard InChI is InChI=1S/C17H21FN4O3S/c1-26(24,25)20-10-16(23)22-8-2-3-13(11-22)17-15(9-19-21-17)12-4-6-14(18)7-5-12/h4-7,9,13,20H,2-3,8,10-11H2,1H3,(H,19,21)/t13-/m1/s1. The lowest BCUT2D eigenvalue weighted by atomic mass is 9.90. The van der Waals surface area contributed by atoms with Gasteiger partial charge in [0.25, 0.3) is 0 Å². The summed E-state index contributed by atoms with van der Waals surface area (Å²) in [6.07, 6.45) is 4.43. The van der Waals surface area contributed by atoms with Crippen molar-refractivity contribution in [1.82, 2.24) is 19.8 Å². The molecule has 1 aliphatic rings. The van der Waals surface area contributed by atoms with Crippen molar-refractivity contribution >= 4 is 15.9 Å². The average molecular weight is 380 g/mol. The highest BCUT2D eigenvalue weighted by Crippen LogP contribution is 2.33. The topological polar surface area (TPSA) is 95.2 Å². The van der Waals surface area contributed by atoms with Crippen LogP contribution in [0.1, 0.15) is 24.5 Å². The van der Waals surface area contributed by atoms with Gasteiger partial charge in [-0.3, -0.25) is 9.89 Å². The molecule has 3 rings (SSSR count). The first-order valence-electron chi connectivity index (χ1n) is 8.35. The number of hydrogen-bond acceptors (Lipinski definition) is 4. The number of rotatable bonds is 5. The molecular formula is C17H21FN4O3S. The van der Waals surface area contributed by atoms with Crippen LogP contribution in [0.15, 0.2) is 30.5 Å². The van der Waals surface area contributed by atoms with Gasteiger partial charge in [0.1, 0.15) is 5.82 Å². The van der Waals surface area contributed by atoms with Crippen LogP contribution in [0, 0.1) is 5.82 Å². The van der Waals surface area contributed by atoms with Crippen LogP contribution in [-0.4, -0.2) is 55.3 Å². The third-order valence-electron chi connectivity index (χ3n) is 4.49. The molecule has 7 nitrogen and oxygen atoms in total. The summed E-state index contributed by atoms with van der Waals surface area (Å²) in [6, 6.07) is 6.20. The number of aromatic amines is 1. The predicted octanol–water partition coefficient (Wildman–Crippen LogP) is 1.47. The highest BCUT2D eigenvalue weighted by molar-refractivity contribution is 7.88. The first-order valence-corrected chi connectivity index (χ1v) is 10.2. The van der Waals surface area contributed by atoms with E-state index in [2.05, 4.69) is 14.9 Å². The average Bonchev–Trinajstić information content (AvgIpc) is 3.09. The van der Waals surface area contributed by atoms with Gasteiger partial charge in [0.15, 0.2) is 0 Å². The Labute approximate surface area is 151 Å². The lowest BCUT2D eigenvalue weighted by Gasteiger charge is -2.32. The van der Waals surface area contributed by atoms with E-state index >= 15 is 0 Å². The van der Waals surface area contributed by atoms with Crippen molar-refractivity contribution in [3.8, 4) is 11.1 Å². The first-order chi connectivity index (χ1) is 12.3. The first kappa shape index (κ1) is 18.5. The number of hydrogen-bond donors (Lipinski definition) is 2. The van der Waals surface area contributed by atoms with Gasteiger partial charge < -0.3 is 4.90 Å². The zero-order chi connectivity index (χ0) is 18.7. The third kappa shape index (κ3) is 4.47. The number of piperidine rings is 1. The molecule has 2 N–H and O–H groups in total. The molecule has 9 heteroatoms. The number of carbonyl (C=O) groups is 1. The molecular weight excluding hydrogens is 359 g/mol. The maximum Gasteiger partial charge on any atom is 0.237 e. The van der Waals surface area contributed by atoms with E-state index in [1.807, 2.05) is 0 Å². The minimum atomic E-state index is -3.41. The molecule has 2 heterocycles. The highest BCUT2D eigenvalue weighted by Gasteiger charge is 2.27. The Balaban J connectivity index is 1.73. The summed E-state index contributed by atoms with van der Waals surface area (Å²) in [5.74, 6) is -0.483. The summed E-state index contributed by atoms with van der Waals surface area (Å²) in [7, 11) is -3.41. The monoisotopic (exact) mass is 380 g/mol. The van der Waals surface area contributed by atoms with E-state index in [1.165, 1.54) is 12.1 Å². The molecule has 1 aromatic carbocycles. The molecule has 140 valence electrons.